The van der Waals surface area contributed by atoms with Gasteiger partial charge in [-0.25, -0.2) is 14.8 Å². The number of halogens is 3. The molecule has 1 aliphatic carbocycles. The van der Waals surface area contributed by atoms with E-state index in [1.807, 2.05) is 20.8 Å². The van der Waals surface area contributed by atoms with E-state index in [4.69, 9.17) is 0 Å². The molecule has 0 radical (unpaired) electrons. The molecule has 0 spiro atoms. The van der Waals surface area contributed by atoms with E-state index in [1.165, 1.54) is 11.2 Å². The van der Waals surface area contributed by atoms with Crippen molar-refractivity contribution < 1.29 is 22.8 Å². The minimum atomic E-state index is -4.53. The molecule has 168 valence electrons. The largest absolute Gasteiger partial charge is 0.408 e. The Balaban J connectivity index is 1.69. The molecule has 8 nitrogen and oxygen atoms in total. The molecule has 2 fully saturated rings. The fourth-order valence-electron chi connectivity index (χ4n) is 3.94. The number of alkyl halides is 3. The third kappa shape index (κ3) is 3.92. The summed E-state index contributed by atoms with van der Waals surface area (Å²) in [6.45, 7) is 6.73. The molecule has 2 aliphatic rings. The van der Waals surface area contributed by atoms with Crippen LogP contribution >= 0.6 is 0 Å². The van der Waals surface area contributed by atoms with Crippen molar-refractivity contribution in [3.05, 3.63) is 23.8 Å². The second-order valence-corrected chi connectivity index (χ2v) is 8.30. The van der Waals surface area contributed by atoms with Gasteiger partial charge >= 0.3 is 12.2 Å². The van der Waals surface area contributed by atoms with Crippen LogP contribution in [0.1, 0.15) is 49.8 Å². The summed E-state index contributed by atoms with van der Waals surface area (Å²) in [5, 5.41) is 2.10. The number of hydrogen-bond donors (Lipinski definition) is 1. The summed E-state index contributed by atoms with van der Waals surface area (Å²) in [4.78, 5) is 37.2. The molecule has 1 saturated heterocycles. The highest BCUT2D eigenvalue weighted by Crippen LogP contribution is 2.40. The number of anilines is 1. The lowest BCUT2D eigenvalue weighted by Gasteiger charge is -2.22. The number of aromatic nitrogens is 3. The molecule has 1 atom stereocenters. The number of aryl methyl sites for hydroxylation is 1. The average molecular weight is 438 g/mol. The molecule has 4 rings (SSSR count). The van der Waals surface area contributed by atoms with Crippen molar-refractivity contribution in [2.45, 2.75) is 58.3 Å². The molecular weight excluding hydrogens is 413 g/mol. The standard InChI is InChI=1S/C20H25F3N6O2/c1-4-13-9-14(28-8-7-27(11(2)3)19(28)31)25-17-15(24-10-29(13)17)18(30)26-16(12-5-6-12)20(21,22)23/h9-12,16H,4-8H2,1-3H3,(H,26,30). The number of amides is 3. The summed E-state index contributed by atoms with van der Waals surface area (Å²) in [6.07, 6.45) is -1.72. The van der Waals surface area contributed by atoms with Crippen LogP contribution in [0.5, 0.6) is 0 Å². The highest BCUT2D eigenvalue weighted by atomic mass is 19.4. The maximum Gasteiger partial charge on any atom is 0.408 e. The van der Waals surface area contributed by atoms with Gasteiger partial charge in [-0.1, -0.05) is 6.92 Å². The van der Waals surface area contributed by atoms with E-state index in [2.05, 4.69) is 15.3 Å². The number of imidazole rings is 1. The second-order valence-electron chi connectivity index (χ2n) is 8.30. The first-order valence-corrected chi connectivity index (χ1v) is 10.4. The molecule has 3 heterocycles. The number of fused-ring (bicyclic) bond motifs is 1. The Morgan fingerprint density at radius 1 is 1.29 bits per heavy atom. The molecule has 0 bridgehead atoms. The van der Waals surface area contributed by atoms with Crippen LogP contribution in [0.3, 0.4) is 0 Å². The normalized spacial score (nSPS) is 18.4. The smallest absolute Gasteiger partial charge is 0.339 e. The van der Waals surface area contributed by atoms with Gasteiger partial charge in [-0.05, 0) is 39.0 Å². The Morgan fingerprint density at radius 3 is 2.55 bits per heavy atom. The van der Waals surface area contributed by atoms with Gasteiger partial charge in [0.05, 0.1) is 0 Å². The van der Waals surface area contributed by atoms with E-state index in [0.717, 1.165) is 5.69 Å². The van der Waals surface area contributed by atoms with E-state index in [0.29, 0.717) is 38.2 Å². The zero-order valence-electron chi connectivity index (χ0n) is 17.6. The number of hydrogen-bond acceptors (Lipinski definition) is 4. The third-order valence-corrected chi connectivity index (χ3v) is 5.82. The van der Waals surface area contributed by atoms with Crippen LogP contribution in [0.4, 0.5) is 23.8 Å². The van der Waals surface area contributed by atoms with Crippen molar-refractivity contribution in [1.29, 1.82) is 0 Å². The fraction of sp³-hybridized carbons (Fsp3) is 0.600. The molecule has 1 aliphatic heterocycles. The monoisotopic (exact) mass is 438 g/mol. The van der Waals surface area contributed by atoms with Gasteiger partial charge in [0.25, 0.3) is 5.91 Å². The minimum Gasteiger partial charge on any atom is -0.339 e. The molecule has 3 amide bonds. The number of carbonyl (C=O) groups excluding carboxylic acids is 2. The summed E-state index contributed by atoms with van der Waals surface area (Å²) in [7, 11) is 0. The molecule has 2 aromatic rings. The Labute approximate surface area is 177 Å². The number of nitrogens with zero attached hydrogens (tertiary/aromatic N) is 5. The van der Waals surface area contributed by atoms with E-state index < -0.39 is 24.0 Å². The number of nitrogens with one attached hydrogen (secondary N) is 1. The first-order valence-electron chi connectivity index (χ1n) is 10.4. The summed E-state index contributed by atoms with van der Waals surface area (Å²) in [5.41, 5.74) is 0.704. The predicted molar refractivity (Wildman–Crippen MR) is 107 cm³/mol. The highest BCUT2D eigenvalue weighted by Gasteiger charge is 2.50. The molecular formula is C20H25F3N6O2. The van der Waals surface area contributed by atoms with Gasteiger partial charge in [0.2, 0.25) is 0 Å². The van der Waals surface area contributed by atoms with Gasteiger partial charge in [-0.15, -0.1) is 0 Å². The van der Waals surface area contributed by atoms with Gasteiger partial charge in [0.15, 0.2) is 11.3 Å². The van der Waals surface area contributed by atoms with Gasteiger partial charge in [-0.2, -0.15) is 13.2 Å². The van der Waals surface area contributed by atoms with E-state index in [-0.39, 0.29) is 23.4 Å². The second kappa shape index (κ2) is 7.69. The molecule has 1 unspecified atom stereocenters. The maximum atomic E-state index is 13.4. The number of carbonyl (C=O) groups is 2. The van der Waals surface area contributed by atoms with Crippen LogP contribution in [0.15, 0.2) is 12.4 Å². The zero-order chi connectivity index (χ0) is 22.5. The third-order valence-electron chi connectivity index (χ3n) is 5.82. The Bertz CT molecular complexity index is 1010. The maximum absolute atomic E-state index is 13.4. The van der Waals surface area contributed by atoms with Crippen LogP contribution in [0, 0.1) is 5.92 Å². The quantitative estimate of drug-likeness (QED) is 0.752. The number of rotatable bonds is 6. The SMILES string of the molecule is CCc1cc(N2CCN(C(C)C)C2=O)nc2c(C(=O)NC(C3CC3)C(F)(F)F)ncn12. The van der Waals surface area contributed by atoms with E-state index in [9.17, 15) is 22.8 Å². The first-order chi connectivity index (χ1) is 14.6. The van der Waals surface area contributed by atoms with Crippen molar-refractivity contribution in [2.24, 2.45) is 5.92 Å². The summed E-state index contributed by atoms with van der Waals surface area (Å²) >= 11 is 0. The molecule has 2 aromatic heterocycles. The summed E-state index contributed by atoms with van der Waals surface area (Å²) < 4.78 is 41.6. The van der Waals surface area contributed by atoms with Gasteiger partial charge in [-0.3, -0.25) is 14.1 Å². The van der Waals surface area contributed by atoms with Gasteiger partial charge in [0.1, 0.15) is 18.2 Å². The van der Waals surface area contributed by atoms with Crippen molar-refractivity contribution in [2.75, 3.05) is 18.0 Å². The van der Waals surface area contributed by atoms with Gasteiger partial charge in [0, 0.05) is 30.9 Å². The Kier molecular flexibility index (Phi) is 5.30. The minimum absolute atomic E-state index is 0.0323. The van der Waals surface area contributed by atoms with Crippen molar-refractivity contribution >= 4 is 23.4 Å². The van der Waals surface area contributed by atoms with Crippen molar-refractivity contribution in [1.82, 2.24) is 24.6 Å². The summed E-state index contributed by atoms with van der Waals surface area (Å²) in [6, 6.07) is -0.304. The highest BCUT2D eigenvalue weighted by molar-refractivity contribution is 5.99. The van der Waals surface area contributed by atoms with Crippen LogP contribution in [-0.4, -0.2) is 62.6 Å². The fourth-order valence-corrected chi connectivity index (χ4v) is 3.94. The predicted octanol–water partition coefficient (Wildman–Crippen LogP) is 3.01. The van der Waals surface area contributed by atoms with Crippen LogP contribution in [0.25, 0.3) is 5.65 Å². The van der Waals surface area contributed by atoms with Crippen molar-refractivity contribution in [3.8, 4) is 0 Å². The average Bonchev–Trinajstić information content (AvgIpc) is 3.32. The molecule has 0 aromatic carbocycles. The van der Waals surface area contributed by atoms with E-state index in [1.54, 1.807) is 15.4 Å². The van der Waals surface area contributed by atoms with Crippen LogP contribution in [0.2, 0.25) is 0 Å². The molecule has 31 heavy (non-hydrogen) atoms. The molecule has 1 saturated carbocycles. The van der Waals surface area contributed by atoms with Crippen LogP contribution < -0.4 is 10.2 Å². The van der Waals surface area contributed by atoms with Crippen LogP contribution in [-0.2, 0) is 6.42 Å². The van der Waals surface area contributed by atoms with Gasteiger partial charge < -0.3 is 10.2 Å². The summed E-state index contributed by atoms with van der Waals surface area (Å²) in [5.74, 6) is -1.15. The Morgan fingerprint density at radius 2 is 2.00 bits per heavy atom. The lowest BCUT2D eigenvalue weighted by Crippen LogP contribution is -2.47. The topological polar surface area (TPSA) is 82.8 Å². The van der Waals surface area contributed by atoms with Crippen molar-refractivity contribution in [3.63, 3.8) is 0 Å². The molecule has 1 N–H and O–H groups in total. The number of urea groups is 1. The Hall–Kier alpha value is -2.85. The first kappa shape index (κ1) is 21.4. The zero-order valence-corrected chi connectivity index (χ0v) is 17.6. The lowest BCUT2D eigenvalue weighted by atomic mass is 10.1. The molecule has 11 heteroatoms. The van der Waals surface area contributed by atoms with E-state index >= 15 is 0 Å². The lowest BCUT2D eigenvalue weighted by molar-refractivity contribution is -0.158.